The lowest BCUT2D eigenvalue weighted by atomic mass is 10.2. The molecule has 18 heavy (non-hydrogen) atoms. The van der Waals surface area contributed by atoms with Crippen LogP contribution in [0.3, 0.4) is 0 Å². The summed E-state index contributed by atoms with van der Waals surface area (Å²) in [6, 6.07) is 6.36. The van der Waals surface area contributed by atoms with Crippen LogP contribution in [0.1, 0.15) is 25.8 Å². The van der Waals surface area contributed by atoms with E-state index in [9.17, 15) is 4.79 Å². The molecule has 1 heterocycles. The molecule has 1 aromatic rings. The van der Waals surface area contributed by atoms with E-state index >= 15 is 0 Å². The molecule has 2 rings (SSSR count). The summed E-state index contributed by atoms with van der Waals surface area (Å²) in [4.78, 5) is 14.2. The molecule has 1 fully saturated rings. The highest BCUT2D eigenvalue weighted by Gasteiger charge is 2.33. The van der Waals surface area contributed by atoms with Crippen molar-refractivity contribution in [2.24, 2.45) is 0 Å². The van der Waals surface area contributed by atoms with Crippen molar-refractivity contribution >= 4 is 27.5 Å². The minimum absolute atomic E-state index is 0.0385. The summed E-state index contributed by atoms with van der Waals surface area (Å²) in [6.07, 6.45) is 0.878. The van der Waals surface area contributed by atoms with Gasteiger partial charge in [-0.15, -0.1) is 0 Å². The number of amides is 1. The normalized spacial score (nSPS) is 19.9. The summed E-state index contributed by atoms with van der Waals surface area (Å²) in [6.45, 7) is 6.97. The summed E-state index contributed by atoms with van der Waals surface area (Å²) in [7, 11) is 0. The number of benzene rings is 1. The van der Waals surface area contributed by atoms with Crippen LogP contribution in [0.15, 0.2) is 22.7 Å². The third-order valence-electron chi connectivity index (χ3n) is 3.20. The molecule has 1 aliphatic rings. The number of nitrogens with one attached hydrogen (secondary N) is 1. The summed E-state index contributed by atoms with van der Waals surface area (Å²) in [5, 5.41) is 3.32. The zero-order valence-corrected chi connectivity index (χ0v) is 12.6. The molecule has 0 aromatic heterocycles. The number of carbonyl (C=O) groups is 1. The first-order valence-corrected chi connectivity index (χ1v) is 7.12. The average molecular weight is 311 g/mol. The number of anilines is 1. The fraction of sp³-hybridized carbons (Fsp3) is 0.500. The summed E-state index contributed by atoms with van der Waals surface area (Å²) in [5.41, 5.74) is 2.15. The zero-order chi connectivity index (χ0) is 13.3. The van der Waals surface area contributed by atoms with E-state index in [1.54, 1.807) is 0 Å². The molecule has 0 bridgehead atoms. The Hall–Kier alpha value is -0.870. The molecule has 1 aliphatic heterocycles. The molecule has 1 amide bonds. The number of aryl methyl sites for hydroxylation is 1. The zero-order valence-electron chi connectivity index (χ0n) is 11.0. The Bertz CT molecular complexity index is 459. The number of hydrogen-bond donors (Lipinski definition) is 1. The molecular formula is C14H19BrN2O. The van der Waals surface area contributed by atoms with Crippen molar-refractivity contribution in [1.82, 2.24) is 5.32 Å². The smallest absolute Gasteiger partial charge is 0.244 e. The van der Waals surface area contributed by atoms with Gasteiger partial charge in [0.1, 0.15) is 0 Å². The minimum atomic E-state index is -0.0385. The number of halogens is 1. The van der Waals surface area contributed by atoms with Gasteiger partial charge in [-0.25, -0.2) is 0 Å². The SMILES string of the molecule is Cc1ccc(Br)cc1N1CCC(NC(C)C)C1=O. The van der Waals surface area contributed by atoms with E-state index in [0.717, 1.165) is 28.7 Å². The van der Waals surface area contributed by atoms with E-state index in [4.69, 9.17) is 0 Å². The molecular weight excluding hydrogens is 292 g/mol. The molecule has 0 radical (unpaired) electrons. The van der Waals surface area contributed by atoms with Crippen LogP contribution in [0.4, 0.5) is 5.69 Å². The van der Waals surface area contributed by atoms with Crippen LogP contribution in [0.2, 0.25) is 0 Å². The lowest BCUT2D eigenvalue weighted by Crippen LogP contribution is -2.41. The van der Waals surface area contributed by atoms with Crippen LogP contribution in [-0.4, -0.2) is 24.5 Å². The fourth-order valence-corrected chi connectivity index (χ4v) is 2.70. The number of nitrogens with zero attached hydrogens (tertiary/aromatic N) is 1. The Morgan fingerprint density at radius 1 is 1.44 bits per heavy atom. The van der Waals surface area contributed by atoms with Crippen molar-refractivity contribution < 1.29 is 4.79 Å². The molecule has 1 saturated heterocycles. The van der Waals surface area contributed by atoms with E-state index in [1.165, 1.54) is 0 Å². The van der Waals surface area contributed by atoms with Crippen molar-refractivity contribution in [1.29, 1.82) is 0 Å². The molecule has 98 valence electrons. The topological polar surface area (TPSA) is 32.3 Å². The van der Waals surface area contributed by atoms with Crippen molar-refractivity contribution in [3.8, 4) is 0 Å². The lowest BCUT2D eigenvalue weighted by molar-refractivity contribution is -0.118. The first-order chi connectivity index (χ1) is 8.49. The maximum absolute atomic E-state index is 12.4. The monoisotopic (exact) mass is 310 g/mol. The van der Waals surface area contributed by atoms with Crippen LogP contribution < -0.4 is 10.2 Å². The van der Waals surface area contributed by atoms with Gasteiger partial charge >= 0.3 is 0 Å². The molecule has 3 nitrogen and oxygen atoms in total. The Labute approximate surface area is 117 Å². The second-order valence-corrected chi connectivity index (χ2v) is 6.00. The van der Waals surface area contributed by atoms with Gasteiger partial charge in [0.05, 0.1) is 6.04 Å². The van der Waals surface area contributed by atoms with E-state index < -0.39 is 0 Å². The molecule has 0 spiro atoms. The molecule has 4 heteroatoms. The number of rotatable bonds is 3. The highest BCUT2D eigenvalue weighted by molar-refractivity contribution is 9.10. The Morgan fingerprint density at radius 2 is 2.17 bits per heavy atom. The Morgan fingerprint density at radius 3 is 2.83 bits per heavy atom. The third kappa shape index (κ3) is 2.75. The lowest BCUT2D eigenvalue weighted by Gasteiger charge is -2.20. The summed E-state index contributed by atoms with van der Waals surface area (Å²) >= 11 is 3.47. The van der Waals surface area contributed by atoms with Gasteiger partial charge in [-0.2, -0.15) is 0 Å². The molecule has 1 atom stereocenters. The van der Waals surface area contributed by atoms with Gasteiger partial charge in [-0.05, 0) is 31.0 Å². The standard InChI is InChI=1S/C14H19BrN2O/c1-9(2)16-12-6-7-17(14(12)18)13-8-11(15)5-4-10(13)3/h4-5,8-9,12,16H,6-7H2,1-3H3. The molecule has 1 N–H and O–H groups in total. The average Bonchev–Trinajstić information content (AvgIpc) is 2.64. The van der Waals surface area contributed by atoms with Gasteiger partial charge in [0.15, 0.2) is 0 Å². The molecule has 0 aliphatic carbocycles. The predicted octanol–water partition coefficient (Wildman–Crippen LogP) is 2.86. The second kappa shape index (κ2) is 5.41. The van der Waals surface area contributed by atoms with Crippen molar-refractivity contribution in [2.75, 3.05) is 11.4 Å². The third-order valence-corrected chi connectivity index (χ3v) is 3.70. The minimum Gasteiger partial charge on any atom is -0.311 e. The largest absolute Gasteiger partial charge is 0.311 e. The first-order valence-electron chi connectivity index (χ1n) is 6.32. The number of hydrogen-bond acceptors (Lipinski definition) is 2. The maximum Gasteiger partial charge on any atom is 0.244 e. The quantitative estimate of drug-likeness (QED) is 0.931. The van der Waals surface area contributed by atoms with E-state index in [-0.39, 0.29) is 11.9 Å². The van der Waals surface area contributed by atoms with Crippen molar-refractivity contribution in [3.63, 3.8) is 0 Å². The molecule has 1 aromatic carbocycles. The van der Waals surface area contributed by atoms with Crippen molar-refractivity contribution in [3.05, 3.63) is 28.2 Å². The second-order valence-electron chi connectivity index (χ2n) is 5.08. The van der Waals surface area contributed by atoms with E-state index in [2.05, 4.69) is 35.1 Å². The van der Waals surface area contributed by atoms with Crippen LogP contribution in [-0.2, 0) is 4.79 Å². The van der Waals surface area contributed by atoms with Crippen LogP contribution in [0.5, 0.6) is 0 Å². The van der Waals surface area contributed by atoms with Gasteiger partial charge in [0, 0.05) is 22.7 Å². The summed E-state index contributed by atoms with van der Waals surface area (Å²) in [5.74, 6) is 0.185. The van der Waals surface area contributed by atoms with E-state index in [0.29, 0.717) is 6.04 Å². The van der Waals surface area contributed by atoms with Crippen LogP contribution in [0, 0.1) is 6.92 Å². The van der Waals surface area contributed by atoms with Gasteiger partial charge in [-0.3, -0.25) is 4.79 Å². The maximum atomic E-state index is 12.4. The van der Waals surface area contributed by atoms with Crippen LogP contribution in [0.25, 0.3) is 0 Å². The fourth-order valence-electron chi connectivity index (χ4n) is 2.35. The van der Waals surface area contributed by atoms with E-state index in [1.807, 2.05) is 30.0 Å². The first kappa shape index (κ1) is 13.6. The molecule has 0 saturated carbocycles. The predicted molar refractivity (Wildman–Crippen MR) is 77.9 cm³/mol. The van der Waals surface area contributed by atoms with Gasteiger partial charge in [0.2, 0.25) is 5.91 Å². The number of carbonyl (C=O) groups excluding carboxylic acids is 1. The summed E-state index contributed by atoms with van der Waals surface area (Å²) < 4.78 is 1.01. The van der Waals surface area contributed by atoms with Gasteiger partial charge in [-0.1, -0.05) is 35.8 Å². The Kier molecular flexibility index (Phi) is 4.07. The highest BCUT2D eigenvalue weighted by Crippen LogP contribution is 2.28. The van der Waals surface area contributed by atoms with Crippen LogP contribution >= 0.6 is 15.9 Å². The van der Waals surface area contributed by atoms with Gasteiger partial charge < -0.3 is 10.2 Å². The van der Waals surface area contributed by atoms with Crippen molar-refractivity contribution in [2.45, 2.75) is 39.3 Å². The van der Waals surface area contributed by atoms with Gasteiger partial charge in [0.25, 0.3) is 0 Å². The highest BCUT2D eigenvalue weighted by atomic mass is 79.9. The molecule has 1 unspecified atom stereocenters. The Balaban J connectivity index is 2.20.